The van der Waals surface area contributed by atoms with Crippen molar-refractivity contribution in [3.63, 3.8) is 0 Å². The van der Waals surface area contributed by atoms with E-state index in [9.17, 15) is 4.79 Å². The van der Waals surface area contributed by atoms with Gasteiger partial charge in [0.05, 0.1) is 17.1 Å². The smallest absolute Gasteiger partial charge is 0.244 e. The molecule has 0 aliphatic heterocycles. The molecule has 0 aromatic heterocycles. The highest BCUT2D eigenvalue weighted by Gasteiger charge is 2.13. The summed E-state index contributed by atoms with van der Waals surface area (Å²) in [6, 6.07) is 21.8. The Morgan fingerprint density at radius 2 is 1.62 bits per heavy atom. The average molecular weight is 558 g/mol. The maximum absolute atomic E-state index is 12.2. The number of hydrogen-bond donors (Lipinski definition) is 1. The first kappa shape index (κ1) is 24.2. The SMILES string of the molecule is CC(C)(C)c1ccc(CC(=O)NN=Cc2ccc(OCc3ccc(Br)cc3)c(Br)c2)cc1. The topological polar surface area (TPSA) is 50.7 Å². The lowest BCUT2D eigenvalue weighted by Crippen LogP contribution is -2.20. The van der Waals surface area contributed by atoms with Crippen molar-refractivity contribution in [3.05, 3.63) is 97.9 Å². The molecule has 0 saturated heterocycles. The van der Waals surface area contributed by atoms with Gasteiger partial charge in [0.25, 0.3) is 0 Å². The Balaban J connectivity index is 1.50. The highest BCUT2D eigenvalue weighted by atomic mass is 79.9. The second-order valence-electron chi connectivity index (χ2n) is 8.52. The maximum Gasteiger partial charge on any atom is 0.244 e. The Morgan fingerprint density at radius 1 is 0.969 bits per heavy atom. The van der Waals surface area contributed by atoms with Crippen LogP contribution in [0.15, 0.2) is 80.8 Å². The summed E-state index contributed by atoms with van der Waals surface area (Å²) in [6.45, 7) is 6.99. The van der Waals surface area contributed by atoms with E-state index in [1.165, 1.54) is 5.56 Å². The summed E-state index contributed by atoms with van der Waals surface area (Å²) >= 11 is 6.96. The van der Waals surface area contributed by atoms with E-state index in [0.717, 1.165) is 31.4 Å². The Bertz CT molecular complexity index is 1090. The van der Waals surface area contributed by atoms with Gasteiger partial charge in [-0.2, -0.15) is 5.10 Å². The summed E-state index contributed by atoms with van der Waals surface area (Å²) in [7, 11) is 0. The predicted molar refractivity (Wildman–Crippen MR) is 137 cm³/mol. The van der Waals surface area contributed by atoms with Crippen LogP contribution >= 0.6 is 31.9 Å². The second-order valence-corrected chi connectivity index (χ2v) is 10.3. The number of nitrogens with one attached hydrogen (secondary N) is 1. The number of benzene rings is 3. The van der Waals surface area contributed by atoms with E-state index in [4.69, 9.17) is 4.74 Å². The number of nitrogens with zero attached hydrogens (tertiary/aromatic N) is 1. The van der Waals surface area contributed by atoms with Gasteiger partial charge in [-0.15, -0.1) is 0 Å². The van der Waals surface area contributed by atoms with Gasteiger partial charge < -0.3 is 4.74 Å². The maximum atomic E-state index is 12.2. The summed E-state index contributed by atoms with van der Waals surface area (Å²) < 4.78 is 7.74. The molecule has 0 spiro atoms. The Hall–Kier alpha value is -2.44. The minimum absolute atomic E-state index is 0.0961. The molecule has 6 heteroatoms. The van der Waals surface area contributed by atoms with Crippen molar-refractivity contribution in [2.24, 2.45) is 5.10 Å². The van der Waals surface area contributed by atoms with Crippen LogP contribution in [0.4, 0.5) is 0 Å². The molecule has 0 unspecified atom stereocenters. The summed E-state index contributed by atoms with van der Waals surface area (Å²) in [5, 5.41) is 4.08. The molecule has 1 amide bonds. The first-order valence-electron chi connectivity index (χ1n) is 10.3. The molecule has 0 radical (unpaired) electrons. The number of carbonyl (C=O) groups is 1. The number of halogens is 2. The number of amides is 1. The Morgan fingerprint density at radius 3 is 2.25 bits per heavy atom. The quantitative estimate of drug-likeness (QED) is 0.257. The molecule has 3 aromatic rings. The van der Waals surface area contributed by atoms with Crippen molar-refractivity contribution < 1.29 is 9.53 Å². The molecular weight excluding hydrogens is 532 g/mol. The molecule has 0 aliphatic carbocycles. The van der Waals surface area contributed by atoms with Crippen LogP contribution in [-0.4, -0.2) is 12.1 Å². The van der Waals surface area contributed by atoms with Crippen LogP contribution in [0.3, 0.4) is 0 Å². The van der Waals surface area contributed by atoms with Gasteiger partial charge in [-0.3, -0.25) is 4.79 Å². The fourth-order valence-electron chi connectivity index (χ4n) is 2.98. The van der Waals surface area contributed by atoms with Gasteiger partial charge in [-0.25, -0.2) is 5.43 Å². The summed E-state index contributed by atoms with van der Waals surface area (Å²) in [5.74, 6) is 0.589. The molecule has 0 heterocycles. The molecule has 1 N–H and O–H groups in total. The minimum Gasteiger partial charge on any atom is -0.488 e. The van der Waals surface area contributed by atoms with E-state index < -0.39 is 0 Å². The highest BCUT2D eigenvalue weighted by Crippen LogP contribution is 2.26. The van der Waals surface area contributed by atoms with Gasteiger partial charge in [0, 0.05) is 4.47 Å². The molecule has 0 aliphatic rings. The van der Waals surface area contributed by atoms with Crippen molar-refractivity contribution in [2.45, 2.75) is 39.2 Å². The lowest BCUT2D eigenvalue weighted by molar-refractivity contribution is -0.120. The predicted octanol–water partition coefficient (Wildman–Crippen LogP) is 6.78. The highest BCUT2D eigenvalue weighted by molar-refractivity contribution is 9.10. The van der Waals surface area contributed by atoms with Gasteiger partial charge in [0.2, 0.25) is 5.91 Å². The average Bonchev–Trinajstić information content (AvgIpc) is 2.74. The fraction of sp³-hybridized carbons (Fsp3) is 0.231. The first-order valence-corrected chi connectivity index (χ1v) is 11.9. The summed E-state index contributed by atoms with van der Waals surface area (Å²) in [4.78, 5) is 12.2. The van der Waals surface area contributed by atoms with Gasteiger partial charge in [0.1, 0.15) is 12.4 Å². The zero-order chi connectivity index (χ0) is 23.1. The van der Waals surface area contributed by atoms with Crippen LogP contribution < -0.4 is 10.2 Å². The van der Waals surface area contributed by atoms with E-state index in [0.29, 0.717) is 6.61 Å². The number of hydrogen-bond acceptors (Lipinski definition) is 3. The number of rotatable bonds is 7. The van der Waals surface area contributed by atoms with Gasteiger partial charge in [-0.1, -0.05) is 73.1 Å². The lowest BCUT2D eigenvalue weighted by atomic mass is 9.86. The van der Waals surface area contributed by atoms with Crippen LogP contribution in [0.5, 0.6) is 5.75 Å². The van der Waals surface area contributed by atoms with Crippen LogP contribution in [-0.2, 0) is 23.2 Å². The van der Waals surface area contributed by atoms with Crippen molar-refractivity contribution in [2.75, 3.05) is 0 Å². The molecule has 166 valence electrons. The van der Waals surface area contributed by atoms with E-state index in [1.54, 1.807) is 6.21 Å². The van der Waals surface area contributed by atoms with Gasteiger partial charge >= 0.3 is 0 Å². The molecule has 0 fully saturated rings. The van der Waals surface area contributed by atoms with Crippen molar-refractivity contribution in [1.29, 1.82) is 0 Å². The zero-order valence-corrected chi connectivity index (χ0v) is 21.5. The Kier molecular flexibility index (Phi) is 8.26. The third-order valence-corrected chi connectivity index (χ3v) is 6.00. The largest absolute Gasteiger partial charge is 0.488 e. The van der Waals surface area contributed by atoms with Gasteiger partial charge in [0.15, 0.2) is 0 Å². The van der Waals surface area contributed by atoms with E-state index >= 15 is 0 Å². The number of hydrazone groups is 1. The molecule has 32 heavy (non-hydrogen) atoms. The summed E-state index contributed by atoms with van der Waals surface area (Å²) in [5.41, 5.74) is 6.82. The van der Waals surface area contributed by atoms with Crippen LogP contribution in [0.1, 0.15) is 43.0 Å². The normalized spacial score (nSPS) is 11.5. The number of carbonyl (C=O) groups excluding carboxylic acids is 1. The zero-order valence-electron chi connectivity index (χ0n) is 18.4. The minimum atomic E-state index is -0.154. The molecule has 0 atom stereocenters. The summed E-state index contributed by atoms with van der Waals surface area (Å²) in [6.07, 6.45) is 1.90. The molecule has 0 saturated carbocycles. The fourth-order valence-corrected chi connectivity index (χ4v) is 3.76. The van der Waals surface area contributed by atoms with E-state index in [1.807, 2.05) is 54.6 Å². The van der Waals surface area contributed by atoms with Crippen LogP contribution in [0, 0.1) is 0 Å². The standard InChI is InChI=1S/C26H26Br2N2O2/c1-26(2,3)21-9-4-18(5-10-21)15-25(31)30-29-16-20-8-13-24(23(28)14-20)32-17-19-6-11-22(27)12-7-19/h4-14,16H,15,17H2,1-3H3,(H,30,31). The van der Waals surface area contributed by atoms with E-state index in [2.05, 4.69) is 75.3 Å². The second kappa shape index (κ2) is 10.9. The van der Waals surface area contributed by atoms with E-state index in [-0.39, 0.29) is 17.7 Å². The molecule has 4 nitrogen and oxygen atoms in total. The third-order valence-electron chi connectivity index (χ3n) is 4.85. The van der Waals surface area contributed by atoms with Crippen molar-refractivity contribution >= 4 is 44.0 Å². The number of ether oxygens (including phenoxy) is 1. The monoisotopic (exact) mass is 556 g/mol. The molecular formula is C26H26Br2N2O2. The van der Waals surface area contributed by atoms with Gasteiger partial charge in [-0.05, 0) is 73.9 Å². The Labute approximate surface area is 206 Å². The van der Waals surface area contributed by atoms with Crippen molar-refractivity contribution in [3.8, 4) is 5.75 Å². The van der Waals surface area contributed by atoms with Crippen LogP contribution in [0.25, 0.3) is 0 Å². The molecule has 3 aromatic carbocycles. The lowest BCUT2D eigenvalue weighted by Gasteiger charge is -2.19. The first-order chi connectivity index (χ1) is 15.2. The third kappa shape index (κ3) is 7.31. The molecule has 0 bridgehead atoms. The van der Waals surface area contributed by atoms with Crippen LogP contribution in [0.2, 0.25) is 0 Å². The molecule has 3 rings (SSSR count). The van der Waals surface area contributed by atoms with Crippen molar-refractivity contribution in [1.82, 2.24) is 5.43 Å².